The minimum absolute atomic E-state index is 0.246. The van der Waals surface area contributed by atoms with Gasteiger partial charge in [-0.15, -0.1) is 0 Å². The van der Waals surface area contributed by atoms with Crippen LogP contribution in [0, 0.1) is 6.92 Å². The summed E-state index contributed by atoms with van der Waals surface area (Å²) in [6, 6.07) is 18.8. The van der Waals surface area contributed by atoms with E-state index in [1.54, 1.807) is 24.5 Å². The molecule has 2 aromatic carbocycles. The number of hydrogen-bond acceptors (Lipinski definition) is 5. The highest BCUT2D eigenvalue weighted by molar-refractivity contribution is 6.06. The molecule has 160 valence electrons. The van der Waals surface area contributed by atoms with Gasteiger partial charge in [0.25, 0.3) is 5.91 Å². The topological polar surface area (TPSA) is 77.0 Å². The van der Waals surface area contributed by atoms with E-state index in [-0.39, 0.29) is 5.91 Å². The van der Waals surface area contributed by atoms with E-state index < -0.39 is 0 Å². The zero-order valence-electron chi connectivity index (χ0n) is 18.2. The molecule has 0 radical (unpaired) electrons. The quantitative estimate of drug-likeness (QED) is 0.410. The van der Waals surface area contributed by atoms with Crippen LogP contribution in [0.4, 0.5) is 5.69 Å². The third-order valence-corrected chi connectivity index (χ3v) is 5.10. The second-order valence-corrected chi connectivity index (χ2v) is 7.74. The van der Waals surface area contributed by atoms with Crippen LogP contribution in [-0.4, -0.2) is 20.9 Å². The molecule has 0 aliphatic carbocycles. The molecule has 6 heteroatoms. The van der Waals surface area contributed by atoms with Gasteiger partial charge < -0.3 is 10.1 Å². The first-order valence-electron chi connectivity index (χ1n) is 10.4. The van der Waals surface area contributed by atoms with Gasteiger partial charge in [-0.25, -0.2) is 15.0 Å². The van der Waals surface area contributed by atoms with Gasteiger partial charge in [0.05, 0.1) is 16.8 Å². The Morgan fingerprint density at radius 2 is 1.81 bits per heavy atom. The van der Waals surface area contributed by atoms with Crippen molar-refractivity contribution in [1.82, 2.24) is 15.0 Å². The first-order chi connectivity index (χ1) is 15.5. The molecule has 0 aliphatic heterocycles. The zero-order chi connectivity index (χ0) is 22.5. The average molecular weight is 425 g/mol. The number of anilines is 1. The van der Waals surface area contributed by atoms with Crippen molar-refractivity contribution in [1.29, 1.82) is 0 Å². The summed E-state index contributed by atoms with van der Waals surface area (Å²) in [6.07, 6.45) is 4.79. The SMILES string of the molecule is Cc1cccc(C(=O)Nc2cccc(C(C)C)c2)c1Oc1ncccc1-c1ccncn1. The number of nitrogens with zero attached hydrogens (tertiary/aromatic N) is 3. The Morgan fingerprint density at radius 1 is 0.969 bits per heavy atom. The Morgan fingerprint density at radius 3 is 2.59 bits per heavy atom. The minimum atomic E-state index is -0.246. The maximum atomic E-state index is 13.2. The van der Waals surface area contributed by atoms with Crippen molar-refractivity contribution in [3.05, 3.63) is 96.1 Å². The van der Waals surface area contributed by atoms with E-state index in [1.807, 2.05) is 49.4 Å². The summed E-state index contributed by atoms with van der Waals surface area (Å²) in [5, 5.41) is 2.99. The van der Waals surface area contributed by atoms with E-state index in [0.717, 1.165) is 16.8 Å². The Kier molecular flexibility index (Phi) is 6.22. The zero-order valence-corrected chi connectivity index (χ0v) is 18.2. The summed E-state index contributed by atoms with van der Waals surface area (Å²) < 4.78 is 6.21. The number of pyridine rings is 1. The Hall–Kier alpha value is -4.06. The molecule has 4 aromatic rings. The summed E-state index contributed by atoms with van der Waals surface area (Å²) in [6.45, 7) is 6.14. The average Bonchev–Trinajstić information content (AvgIpc) is 2.81. The highest BCUT2D eigenvalue weighted by Crippen LogP contribution is 2.34. The number of aryl methyl sites for hydroxylation is 1. The van der Waals surface area contributed by atoms with Gasteiger partial charge in [-0.2, -0.15) is 0 Å². The van der Waals surface area contributed by atoms with Crippen molar-refractivity contribution in [2.45, 2.75) is 26.7 Å². The number of benzene rings is 2. The van der Waals surface area contributed by atoms with E-state index in [2.05, 4.69) is 40.2 Å². The van der Waals surface area contributed by atoms with Gasteiger partial charge in [0, 0.05) is 18.1 Å². The van der Waals surface area contributed by atoms with Gasteiger partial charge in [-0.3, -0.25) is 4.79 Å². The maximum absolute atomic E-state index is 13.2. The lowest BCUT2D eigenvalue weighted by Gasteiger charge is -2.15. The van der Waals surface area contributed by atoms with E-state index in [9.17, 15) is 4.79 Å². The minimum Gasteiger partial charge on any atom is -0.437 e. The smallest absolute Gasteiger partial charge is 0.259 e. The van der Waals surface area contributed by atoms with Crippen LogP contribution in [0.15, 0.2) is 79.4 Å². The van der Waals surface area contributed by atoms with Crippen LogP contribution < -0.4 is 10.1 Å². The van der Waals surface area contributed by atoms with Crippen LogP contribution in [0.1, 0.15) is 41.3 Å². The fourth-order valence-corrected chi connectivity index (χ4v) is 3.35. The van der Waals surface area contributed by atoms with Crippen LogP contribution >= 0.6 is 0 Å². The number of rotatable bonds is 6. The summed E-state index contributed by atoms with van der Waals surface area (Å²) in [4.78, 5) is 25.8. The highest BCUT2D eigenvalue weighted by Gasteiger charge is 2.18. The molecule has 0 bridgehead atoms. The first kappa shape index (κ1) is 21.2. The molecule has 2 aromatic heterocycles. The lowest BCUT2D eigenvalue weighted by molar-refractivity contribution is 0.102. The Labute approximate surface area is 187 Å². The second-order valence-electron chi connectivity index (χ2n) is 7.74. The largest absolute Gasteiger partial charge is 0.437 e. The van der Waals surface area contributed by atoms with Gasteiger partial charge in [-0.1, -0.05) is 38.1 Å². The molecule has 6 nitrogen and oxygen atoms in total. The number of carbonyl (C=O) groups excluding carboxylic acids is 1. The number of carbonyl (C=O) groups is 1. The van der Waals surface area contributed by atoms with Gasteiger partial charge in [0.1, 0.15) is 12.1 Å². The first-order valence-corrected chi connectivity index (χ1v) is 10.4. The van der Waals surface area contributed by atoms with Crippen LogP contribution in [0.25, 0.3) is 11.3 Å². The van der Waals surface area contributed by atoms with Gasteiger partial charge in [0.2, 0.25) is 5.88 Å². The standard InChI is InChI=1S/C26H24N4O2/c1-17(2)19-8-5-9-20(15-19)30-25(31)22-10-4-7-18(3)24(22)32-26-21(11-6-13-28-26)23-12-14-27-16-29-23/h4-17H,1-3H3,(H,30,31). The Balaban J connectivity index is 1.67. The van der Waals surface area contributed by atoms with Gasteiger partial charge in [0.15, 0.2) is 0 Å². The second kappa shape index (κ2) is 9.39. The van der Waals surface area contributed by atoms with Crippen LogP contribution in [0.2, 0.25) is 0 Å². The molecule has 4 rings (SSSR count). The number of ether oxygens (including phenoxy) is 1. The monoisotopic (exact) mass is 424 g/mol. The van der Waals surface area contributed by atoms with E-state index >= 15 is 0 Å². The number of hydrogen-bond donors (Lipinski definition) is 1. The number of aromatic nitrogens is 3. The van der Waals surface area contributed by atoms with Crippen molar-refractivity contribution in [3.8, 4) is 22.9 Å². The molecule has 0 aliphatic rings. The predicted molar refractivity (Wildman–Crippen MR) is 125 cm³/mol. The van der Waals surface area contributed by atoms with Crippen molar-refractivity contribution >= 4 is 11.6 Å². The van der Waals surface area contributed by atoms with Crippen molar-refractivity contribution in [2.75, 3.05) is 5.32 Å². The molecule has 0 unspecified atom stereocenters. The fourth-order valence-electron chi connectivity index (χ4n) is 3.35. The van der Waals surface area contributed by atoms with E-state index in [4.69, 9.17) is 4.74 Å². The molecule has 0 atom stereocenters. The van der Waals surface area contributed by atoms with Gasteiger partial charge in [-0.05, 0) is 60.4 Å². The summed E-state index contributed by atoms with van der Waals surface area (Å²) >= 11 is 0. The van der Waals surface area contributed by atoms with Gasteiger partial charge >= 0.3 is 0 Å². The summed E-state index contributed by atoms with van der Waals surface area (Å²) in [7, 11) is 0. The summed E-state index contributed by atoms with van der Waals surface area (Å²) in [5.74, 6) is 0.952. The van der Waals surface area contributed by atoms with E-state index in [1.165, 1.54) is 6.33 Å². The molecule has 32 heavy (non-hydrogen) atoms. The van der Waals surface area contributed by atoms with Crippen molar-refractivity contribution < 1.29 is 9.53 Å². The highest BCUT2D eigenvalue weighted by atomic mass is 16.5. The predicted octanol–water partition coefficient (Wildman–Crippen LogP) is 6.02. The van der Waals surface area contributed by atoms with Crippen LogP contribution in [0.3, 0.4) is 0 Å². The Bertz CT molecular complexity index is 1240. The van der Waals surface area contributed by atoms with Crippen molar-refractivity contribution in [2.24, 2.45) is 0 Å². The molecule has 1 N–H and O–H groups in total. The van der Waals surface area contributed by atoms with Crippen LogP contribution in [0.5, 0.6) is 11.6 Å². The number of nitrogens with one attached hydrogen (secondary N) is 1. The number of para-hydroxylation sites is 1. The third-order valence-electron chi connectivity index (χ3n) is 5.10. The van der Waals surface area contributed by atoms with Crippen LogP contribution in [-0.2, 0) is 0 Å². The molecular formula is C26H24N4O2. The molecule has 0 fully saturated rings. The molecule has 0 spiro atoms. The third kappa shape index (κ3) is 4.64. The van der Waals surface area contributed by atoms with Crippen molar-refractivity contribution in [3.63, 3.8) is 0 Å². The molecule has 1 amide bonds. The lowest BCUT2D eigenvalue weighted by Crippen LogP contribution is -2.14. The molecule has 0 saturated carbocycles. The lowest BCUT2D eigenvalue weighted by atomic mass is 10.0. The molecular weight excluding hydrogens is 400 g/mol. The maximum Gasteiger partial charge on any atom is 0.259 e. The number of amides is 1. The molecule has 2 heterocycles. The molecule has 0 saturated heterocycles. The summed E-state index contributed by atoms with van der Waals surface area (Å²) in [5.41, 5.74) is 4.56. The normalized spacial score (nSPS) is 10.8. The fraction of sp³-hybridized carbons (Fsp3) is 0.154. The van der Waals surface area contributed by atoms with E-state index in [0.29, 0.717) is 34.4 Å².